The van der Waals surface area contributed by atoms with E-state index in [1.54, 1.807) is 12.3 Å². The molecule has 2 aromatic rings. The van der Waals surface area contributed by atoms with Crippen LogP contribution in [-0.2, 0) is 6.42 Å². The van der Waals surface area contributed by atoms with Gasteiger partial charge in [0.15, 0.2) is 11.6 Å². The predicted molar refractivity (Wildman–Crippen MR) is 83.7 cm³/mol. The van der Waals surface area contributed by atoms with Gasteiger partial charge < -0.3 is 15.8 Å². The van der Waals surface area contributed by atoms with Crippen LogP contribution >= 0.6 is 11.3 Å². The van der Waals surface area contributed by atoms with Crippen molar-refractivity contribution in [3.05, 3.63) is 45.9 Å². The molecule has 0 saturated heterocycles. The second kappa shape index (κ2) is 7.98. The Morgan fingerprint density at radius 3 is 2.96 bits per heavy atom. The van der Waals surface area contributed by atoms with E-state index in [1.165, 1.54) is 17.4 Å². The number of benzene rings is 1. The van der Waals surface area contributed by atoms with Crippen molar-refractivity contribution in [3.63, 3.8) is 0 Å². The second-order valence-corrected chi connectivity index (χ2v) is 5.87. The zero-order valence-corrected chi connectivity index (χ0v) is 13.3. The van der Waals surface area contributed by atoms with Crippen LogP contribution in [0.15, 0.2) is 23.6 Å². The Kier molecular flexibility index (Phi) is 6.00. The summed E-state index contributed by atoms with van der Waals surface area (Å²) in [6.45, 7) is 2.24. The first kappa shape index (κ1) is 17.3. The highest BCUT2D eigenvalue weighted by atomic mass is 32.1. The standard InChI is InChI=1S/C15H17F2N3O2S/c1-9(7-22-13-3-2-10(16)6-11(13)17)19-15(21)12-8-23-14(20-12)4-5-18/h2-3,6,8-9H,4-5,7,18H2,1H3,(H,19,21). The van der Waals surface area contributed by atoms with Gasteiger partial charge in [0.05, 0.1) is 11.0 Å². The van der Waals surface area contributed by atoms with Gasteiger partial charge in [-0.3, -0.25) is 4.79 Å². The molecule has 0 fully saturated rings. The molecule has 23 heavy (non-hydrogen) atoms. The fourth-order valence-electron chi connectivity index (χ4n) is 1.80. The van der Waals surface area contributed by atoms with E-state index >= 15 is 0 Å². The maximum absolute atomic E-state index is 13.4. The number of rotatable bonds is 7. The van der Waals surface area contributed by atoms with Gasteiger partial charge >= 0.3 is 0 Å². The van der Waals surface area contributed by atoms with E-state index in [0.29, 0.717) is 18.7 Å². The third kappa shape index (κ3) is 4.97. The van der Waals surface area contributed by atoms with E-state index in [9.17, 15) is 13.6 Å². The molecule has 3 N–H and O–H groups in total. The molecule has 0 saturated carbocycles. The topological polar surface area (TPSA) is 77.2 Å². The minimum Gasteiger partial charge on any atom is -0.488 e. The summed E-state index contributed by atoms with van der Waals surface area (Å²) in [4.78, 5) is 16.2. The molecule has 0 spiro atoms. The average Bonchev–Trinajstić information content (AvgIpc) is 2.95. The number of carbonyl (C=O) groups is 1. The van der Waals surface area contributed by atoms with Crippen molar-refractivity contribution in [2.24, 2.45) is 5.73 Å². The molecule has 0 aliphatic rings. The van der Waals surface area contributed by atoms with Gasteiger partial charge in [-0.05, 0) is 25.6 Å². The van der Waals surface area contributed by atoms with Gasteiger partial charge in [0.1, 0.15) is 18.1 Å². The van der Waals surface area contributed by atoms with Crippen molar-refractivity contribution in [2.45, 2.75) is 19.4 Å². The summed E-state index contributed by atoms with van der Waals surface area (Å²) in [7, 11) is 0. The third-order valence-corrected chi connectivity index (χ3v) is 3.81. The minimum absolute atomic E-state index is 0.0497. The van der Waals surface area contributed by atoms with Crippen LogP contribution < -0.4 is 15.8 Å². The first-order valence-electron chi connectivity index (χ1n) is 7.02. The molecule has 0 bridgehead atoms. The van der Waals surface area contributed by atoms with Gasteiger partial charge in [0, 0.05) is 17.9 Å². The summed E-state index contributed by atoms with van der Waals surface area (Å²) in [6.07, 6.45) is 0.625. The van der Waals surface area contributed by atoms with Crippen LogP contribution in [0.2, 0.25) is 0 Å². The third-order valence-electron chi connectivity index (χ3n) is 2.90. The number of amides is 1. The lowest BCUT2D eigenvalue weighted by Crippen LogP contribution is -2.37. The number of ether oxygens (including phenoxy) is 1. The van der Waals surface area contributed by atoms with Crippen molar-refractivity contribution >= 4 is 17.2 Å². The van der Waals surface area contributed by atoms with Crippen molar-refractivity contribution in [2.75, 3.05) is 13.2 Å². The Hall–Kier alpha value is -2.06. The van der Waals surface area contributed by atoms with Crippen LogP contribution in [0.3, 0.4) is 0 Å². The van der Waals surface area contributed by atoms with Crippen molar-refractivity contribution in [1.29, 1.82) is 0 Å². The summed E-state index contributed by atoms with van der Waals surface area (Å²) < 4.78 is 31.5. The van der Waals surface area contributed by atoms with Crippen LogP contribution in [0.25, 0.3) is 0 Å². The molecule has 1 heterocycles. The quantitative estimate of drug-likeness (QED) is 0.809. The molecule has 5 nitrogen and oxygen atoms in total. The summed E-state index contributed by atoms with van der Waals surface area (Å²) in [5, 5.41) is 5.17. The van der Waals surface area contributed by atoms with Crippen molar-refractivity contribution in [3.8, 4) is 5.75 Å². The highest BCUT2D eigenvalue weighted by Crippen LogP contribution is 2.17. The number of carbonyl (C=O) groups excluding carboxylic acids is 1. The second-order valence-electron chi connectivity index (χ2n) is 4.93. The van der Waals surface area contributed by atoms with Crippen LogP contribution in [0.1, 0.15) is 22.4 Å². The number of aromatic nitrogens is 1. The Labute approximate surface area is 136 Å². The lowest BCUT2D eigenvalue weighted by Gasteiger charge is -2.14. The van der Waals surface area contributed by atoms with Crippen LogP contribution in [0.4, 0.5) is 8.78 Å². The number of thiazole rings is 1. The normalized spacial score (nSPS) is 12.0. The molecule has 0 aliphatic heterocycles. The predicted octanol–water partition coefficient (Wildman–Crippen LogP) is 2.12. The van der Waals surface area contributed by atoms with Crippen LogP contribution in [-0.4, -0.2) is 30.1 Å². The number of nitrogens with two attached hydrogens (primary N) is 1. The molecule has 8 heteroatoms. The minimum atomic E-state index is -0.783. The number of hydrogen-bond acceptors (Lipinski definition) is 5. The monoisotopic (exact) mass is 341 g/mol. The van der Waals surface area contributed by atoms with Gasteiger partial charge in [0.2, 0.25) is 0 Å². The number of nitrogens with zero attached hydrogens (tertiary/aromatic N) is 1. The molecule has 0 radical (unpaired) electrons. The first-order valence-corrected chi connectivity index (χ1v) is 7.90. The number of halogens is 2. The lowest BCUT2D eigenvalue weighted by molar-refractivity contribution is 0.0921. The van der Waals surface area contributed by atoms with Crippen molar-refractivity contribution in [1.82, 2.24) is 10.3 Å². The molecule has 0 aliphatic carbocycles. The van der Waals surface area contributed by atoms with E-state index in [2.05, 4.69) is 10.3 Å². The molecule has 1 aromatic carbocycles. The van der Waals surface area contributed by atoms with E-state index in [4.69, 9.17) is 10.5 Å². The van der Waals surface area contributed by atoms with Gasteiger partial charge in [-0.1, -0.05) is 0 Å². The number of hydrogen-bond donors (Lipinski definition) is 2. The molecule has 1 unspecified atom stereocenters. The fourth-order valence-corrected chi connectivity index (χ4v) is 2.59. The molecular weight excluding hydrogens is 324 g/mol. The summed E-state index contributed by atoms with van der Waals surface area (Å²) in [5.41, 5.74) is 5.76. The van der Waals surface area contributed by atoms with Gasteiger partial charge in [-0.2, -0.15) is 0 Å². The molecule has 1 atom stereocenters. The van der Waals surface area contributed by atoms with Crippen LogP contribution in [0.5, 0.6) is 5.75 Å². The van der Waals surface area contributed by atoms with E-state index in [-0.39, 0.29) is 24.3 Å². The maximum Gasteiger partial charge on any atom is 0.271 e. The van der Waals surface area contributed by atoms with E-state index in [1.807, 2.05) is 0 Å². The number of nitrogens with one attached hydrogen (secondary N) is 1. The summed E-state index contributed by atoms with van der Waals surface area (Å²) in [5.74, 6) is -1.85. The summed E-state index contributed by atoms with van der Waals surface area (Å²) >= 11 is 1.37. The average molecular weight is 341 g/mol. The lowest BCUT2D eigenvalue weighted by atomic mass is 10.3. The SMILES string of the molecule is CC(COc1ccc(F)cc1F)NC(=O)c1csc(CCN)n1. The van der Waals surface area contributed by atoms with Gasteiger partial charge in [-0.25, -0.2) is 13.8 Å². The van der Waals surface area contributed by atoms with Gasteiger partial charge in [0.25, 0.3) is 5.91 Å². The highest BCUT2D eigenvalue weighted by Gasteiger charge is 2.14. The molecule has 1 aromatic heterocycles. The molecule has 2 rings (SSSR count). The smallest absolute Gasteiger partial charge is 0.271 e. The Balaban J connectivity index is 1.85. The summed E-state index contributed by atoms with van der Waals surface area (Å²) in [6, 6.07) is 2.69. The Bertz CT molecular complexity index is 678. The molecular formula is C15H17F2N3O2S. The Morgan fingerprint density at radius 2 is 2.26 bits per heavy atom. The van der Waals surface area contributed by atoms with Crippen LogP contribution in [0, 0.1) is 11.6 Å². The van der Waals surface area contributed by atoms with Crippen molar-refractivity contribution < 1.29 is 18.3 Å². The van der Waals surface area contributed by atoms with E-state index < -0.39 is 11.6 Å². The molecule has 124 valence electrons. The molecule has 1 amide bonds. The Morgan fingerprint density at radius 1 is 1.48 bits per heavy atom. The zero-order valence-electron chi connectivity index (χ0n) is 12.5. The van der Waals surface area contributed by atoms with E-state index in [0.717, 1.165) is 17.1 Å². The highest BCUT2D eigenvalue weighted by molar-refractivity contribution is 7.09. The first-order chi connectivity index (χ1) is 11.0. The maximum atomic E-state index is 13.4. The zero-order chi connectivity index (χ0) is 16.8. The largest absolute Gasteiger partial charge is 0.488 e. The fraction of sp³-hybridized carbons (Fsp3) is 0.333. The van der Waals surface area contributed by atoms with Gasteiger partial charge in [-0.15, -0.1) is 11.3 Å².